The molecule has 21 heavy (non-hydrogen) atoms. The number of rotatable bonds is 6. The Kier molecular flexibility index (Phi) is 5.42. The van der Waals surface area contributed by atoms with Gasteiger partial charge < -0.3 is 15.2 Å². The van der Waals surface area contributed by atoms with E-state index in [-0.39, 0.29) is 12.4 Å². The van der Waals surface area contributed by atoms with Gasteiger partial charge in [-0.3, -0.25) is 0 Å². The number of nitrogens with one attached hydrogen (secondary N) is 1. The van der Waals surface area contributed by atoms with Crippen molar-refractivity contribution in [3.05, 3.63) is 58.4 Å². The van der Waals surface area contributed by atoms with E-state index < -0.39 is 0 Å². The topological polar surface area (TPSA) is 41.5 Å². The highest BCUT2D eigenvalue weighted by molar-refractivity contribution is 6.31. The molecule has 0 aliphatic heterocycles. The van der Waals surface area contributed by atoms with Crippen LogP contribution in [0.3, 0.4) is 0 Å². The molecule has 0 aromatic heterocycles. The molecular weight excluding hydrogens is 293 g/mol. The van der Waals surface area contributed by atoms with Crippen molar-refractivity contribution in [2.75, 3.05) is 11.9 Å². The van der Waals surface area contributed by atoms with Crippen LogP contribution in [0.1, 0.15) is 18.1 Å². The molecule has 2 aromatic rings. The van der Waals surface area contributed by atoms with Gasteiger partial charge in [-0.25, -0.2) is 4.39 Å². The van der Waals surface area contributed by atoms with E-state index in [1.807, 2.05) is 25.1 Å². The molecule has 112 valence electrons. The van der Waals surface area contributed by atoms with Crippen LogP contribution in [0.5, 0.6) is 5.75 Å². The fourth-order valence-electron chi connectivity index (χ4n) is 1.97. The quantitative estimate of drug-likeness (QED) is 0.848. The lowest BCUT2D eigenvalue weighted by Gasteiger charge is -2.12. The van der Waals surface area contributed by atoms with Gasteiger partial charge in [0.15, 0.2) is 0 Å². The SMILES string of the molecule is CCOc1ccc(NCc2ccc(F)cc2Cl)cc1CO. The summed E-state index contributed by atoms with van der Waals surface area (Å²) in [5.74, 6) is 0.317. The van der Waals surface area contributed by atoms with Crippen LogP contribution in [0, 0.1) is 5.82 Å². The molecule has 0 saturated carbocycles. The number of ether oxygens (including phenoxy) is 1. The lowest BCUT2D eigenvalue weighted by molar-refractivity contribution is 0.267. The first-order valence-corrected chi connectivity index (χ1v) is 7.06. The van der Waals surface area contributed by atoms with Gasteiger partial charge >= 0.3 is 0 Å². The molecule has 0 aliphatic carbocycles. The molecule has 2 aromatic carbocycles. The summed E-state index contributed by atoms with van der Waals surface area (Å²) >= 11 is 5.98. The first-order valence-electron chi connectivity index (χ1n) is 6.68. The van der Waals surface area contributed by atoms with Crippen LogP contribution in [0.25, 0.3) is 0 Å². The Labute approximate surface area is 128 Å². The zero-order chi connectivity index (χ0) is 15.2. The van der Waals surface area contributed by atoms with E-state index >= 15 is 0 Å². The van der Waals surface area contributed by atoms with Gasteiger partial charge in [0, 0.05) is 22.8 Å². The third-order valence-electron chi connectivity index (χ3n) is 3.03. The predicted octanol–water partition coefficient (Wildman–Crippen LogP) is 3.98. The van der Waals surface area contributed by atoms with Crippen LogP contribution in [-0.2, 0) is 13.2 Å². The van der Waals surface area contributed by atoms with Gasteiger partial charge in [-0.15, -0.1) is 0 Å². The number of benzene rings is 2. The molecule has 3 nitrogen and oxygen atoms in total. The Morgan fingerprint density at radius 2 is 2.00 bits per heavy atom. The average Bonchev–Trinajstić information content (AvgIpc) is 2.47. The van der Waals surface area contributed by atoms with Crippen LogP contribution < -0.4 is 10.1 Å². The first kappa shape index (κ1) is 15.6. The third kappa shape index (κ3) is 4.09. The van der Waals surface area contributed by atoms with Crippen molar-refractivity contribution in [3.63, 3.8) is 0 Å². The van der Waals surface area contributed by atoms with Gasteiger partial charge in [-0.05, 0) is 42.8 Å². The minimum absolute atomic E-state index is 0.0951. The molecule has 0 aliphatic rings. The highest BCUT2D eigenvalue weighted by Gasteiger charge is 2.06. The molecule has 0 unspecified atom stereocenters. The Balaban J connectivity index is 2.09. The van der Waals surface area contributed by atoms with Crippen molar-refractivity contribution in [2.24, 2.45) is 0 Å². The van der Waals surface area contributed by atoms with Crippen molar-refractivity contribution < 1.29 is 14.2 Å². The number of hydrogen-bond donors (Lipinski definition) is 2. The number of hydrogen-bond acceptors (Lipinski definition) is 3. The summed E-state index contributed by atoms with van der Waals surface area (Å²) in [6, 6.07) is 9.80. The molecule has 2 N–H and O–H groups in total. The second kappa shape index (κ2) is 7.29. The van der Waals surface area contributed by atoms with E-state index in [2.05, 4.69) is 5.32 Å². The predicted molar refractivity (Wildman–Crippen MR) is 82.3 cm³/mol. The summed E-state index contributed by atoms with van der Waals surface area (Å²) < 4.78 is 18.4. The number of anilines is 1. The highest BCUT2D eigenvalue weighted by Crippen LogP contribution is 2.24. The lowest BCUT2D eigenvalue weighted by Crippen LogP contribution is -2.02. The Morgan fingerprint density at radius 3 is 2.67 bits per heavy atom. The van der Waals surface area contributed by atoms with Gasteiger partial charge in [0.25, 0.3) is 0 Å². The first-order chi connectivity index (χ1) is 10.1. The monoisotopic (exact) mass is 309 g/mol. The van der Waals surface area contributed by atoms with Gasteiger partial charge in [0.2, 0.25) is 0 Å². The Bertz CT molecular complexity index is 619. The van der Waals surface area contributed by atoms with Crippen LogP contribution >= 0.6 is 11.6 Å². The van der Waals surface area contributed by atoms with Crippen molar-refractivity contribution >= 4 is 17.3 Å². The van der Waals surface area contributed by atoms with E-state index in [9.17, 15) is 9.50 Å². The summed E-state index contributed by atoms with van der Waals surface area (Å²) in [5.41, 5.74) is 2.35. The standard InChI is InChI=1S/C16H17ClFNO2/c1-2-21-16-6-5-14(7-12(16)10-20)19-9-11-3-4-13(18)8-15(11)17/h3-8,19-20H,2,9-10H2,1H3. The molecule has 0 fully saturated rings. The smallest absolute Gasteiger partial charge is 0.124 e. The molecule has 0 atom stereocenters. The zero-order valence-corrected chi connectivity index (χ0v) is 12.5. The van der Waals surface area contributed by atoms with E-state index in [0.717, 1.165) is 11.3 Å². The molecular formula is C16H17ClFNO2. The third-order valence-corrected chi connectivity index (χ3v) is 3.38. The van der Waals surface area contributed by atoms with E-state index in [1.165, 1.54) is 12.1 Å². The van der Waals surface area contributed by atoms with Gasteiger partial charge in [0.1, 0.15) is 11.6 Å². The molecule has 0 bridgehead atoms. The molecule has 0 amide bonds. The summed E-state index contributed by atoms with van der Waals surface area (Å²) in [4.78, 5) is 0. The summed E-state index contributed by atoms with van der Waals surface area (Å²) in [5, 5.41) is 12.9. The molecule has 0 spiro atoms. The normalized spacial score (nSPS) is 10.5. The summed E-state index contributed by atoms with van der Waals surface area (Å²) in [7, 11) is 0. The molecule has 0 heterocycles. The largest absolute Gasteiger partial charge is 0.494 e. The maximum atomic E-state index is 13.0. The van der Waals surface area contributed by atoms with Gasteiger partial charge in [-0.1, -0.05) is 17.7 Å². The fraction of sp³-hybridized carbons (Fsp3) is 0.250. The van der Waals surface area contributed by atoms with Gasteiger partial charge in [0.05, 0.1) is 13.2 Å². The van der Waals surface area contributed by atoms with Crippen LogP contribution in [-0.4, -0.2) is 11.7 Å². The maximum Gasteiger partial charge on any atom is 0.124 e. The van der Waals surface area contributed by atoms with Gasteiger partial charge in [-0.2, -0.15) is 0 Å². The fourth-order valence-corrected chi connectivity index (χ4v) is 2.21. The Hall–Kier alpha value is -1.78. The van der Waals surface area contributed by atoms with Crippen LogP contribution in [0.15, 0.2) is 36.4 Å². The van der Waals surface area contributed by atoms with E-state index in [1.54, 1.807) is 6.07 Å². The lowest BCUT2D eigenvalue weighted by atomic mass is 10.1. The summed E-state index contributed by atoms with van der Waals surface area (Å²) in [6.07, 6.45) is 0. The zero-order valence-electron chi connectivity index (χ0n) is 11.7. The molecule has 5 heteroatoms. The van der Waals surface area contributed by atoms with Crippen molar-refractivity contribution in [2.45, 2.75) is 20.1 Å². The maximum absolute atomic E-state index is 13.0. The Morgan fingerprint density at radius 1 is 1.19 bits per heavy atom. The summed E-state index contributed by atoms with van der Waals surface area (Å²) in [6.45, 7) is 2.81. The van der Waals surface area contributed by atoms with Crippen molar-refractivity contribution in [1.82, 2.24) is 0 Å². The molecule has 0 saturated heterocycles. The van der Waals surface area contributed by atoms with E-state index in [4.69, 9.17) is 16.3 Å². The van der Waals surface area contributed by atoms with Crippen molar-refractivity contribution in [3.8, 4) is 5.75 Å². The highest BCUT2D eigenvalue weighted by atomic mass is 35.5. The number of aliphatic hydroxyl groups excluding tert-OH is 1. The van der Waals surface area contributed by atoms with E-state index in [0.29, 0.717) is 29.5 Å². The second-order valence-corrected chi connectivity index (χ2v) is 4.91. The van der Waals surface area contributed by atoms with Crippen molar-refractivity contribution in [1.29, 1.82) is 0 Å². The number of halogens is 2. The minimum Gasteiger partial charge on any atom is -0.494 e. The number of aliphatic hydroxyl groups is 1. The van der Waals surface area contributed by atoms with Crippen LogP contribution in [0.4, 0.5) is 10.1 Å². The molecule has 0 radical (unpaired) electrons. The minimum atomic E-state index is -0.354. The molecule has 2 rings (SSSR count). The average molecular weight is 310 g/mol. The van der Waals surface area contributed by atoms with Crippen LogP contribution in [0.2, 0.25) is 5.02 Å². The second-order valence-electron chi connectivity index (χ2n) is 4.50.